The lowest BCUT2D eigenvalue weighted by Crippen LogP contribution is -2.42. The molecule has 0 aliphatic carbocycles. The fraction of sp³-hybridized carbons (Fsp3) is 0.308. The van der Waals surface area contributed by atoms with E-state index in [2.05, 4.69) is 11.5 Å². The van der Waals surface area contributed by atoms with Crippen molar-refractivity contribution in [2.45, 2.75) is 53.5 Å². The van der Waals surface area contributed by atoms with Crippen LogP contribution in [0.2, 0.25) is 10.0 Å². The summed E-state index contributed by atoms with van der Waals surface area (Å²) in [4.78, 5) is 28.5. The molecule has 1 N–H and O–H groups in total. The van der Waals surface area contributed by atoms with Gasteiger partial charge in [-0.1, -0.05) is 29.3 Å². The molecule has 0 bridgehead atoms. The molecule has 1 amide bonds. The number of carbonyl (C=O) groups is 2. The number of benzene rings is 3. The number of ether oxygens (including phenoxy) is 1. The third kappa shape index (κ3) is 5.34. The second kappa shape index (κ2) is 12.5. The number of anilines is 1. The van der Waals surface area contributed by atoms with Crippen LogP contribution in [-0.2, 0) is 20.5 Å². The van der Waals surface area contributed by atoms with Crippen LogP contribution in [0.1, 0.15) is 68.3 Å². The van der Waals surface area contributed by atoms with Crippen LogP contribution in [0.5, 0.6) is 5.75 Å². The number of amides is 1. The van der Waals surface area contributed by atoms with Gasteiger partial charge in [0.2, 0.25) is 0 Å². The summed E-state index contributed by atoms with van der Waals surface area (Å²) < 4.78 is 12.0. The summed E-state index contributed by atoms with van der Waals surface area (Å²) >= 11 is 13.4. The Hall–Kier alpha value is -4.73. The summed E-state index contributed by atoms with van der Waals surface area (Å²) in [6, 6.07) is 13.3. The molecule has 50 heavy (non-hydrogen) atoms. The Morgan fingerprint density at radius 1 is 1.00 bits per heavy atom. The van der Waals surface area contributed by atoms with Crippen LogP contribution in [-0.4, -0.2) is 49.0 Å². The normalized spacial score (nSPS) is 14.6. The zero-order valence-electron chi connectivity index (χ0n) is 29.2. The molecule has 7 rings (SSSR count). The van der Waals surface area contributed by atoms with E-state index in [1.54, 1.807) is 16.8 Å². The number of carbonyl (C=O) groups excluding carboxylic acids is 1. The summed E-state index contributed by atoms with van der Waals surface area (Å²) in [6.07, 6.45) is 2.88. The van der Waals surface area contributed by atoms with Crippen LogP contribution in [0.25, 0.3) is 32.9 Å². The Kier molecular flexibility index (Phi) is 8.47. The Labute approximate surface area is 300 Å². The van der Waals surface area contributed by atoms with Gasteiger partial charge in [-0.25, -0.2) is 4.79 Å². The molecule has 1 aliphatic heterocycles. The van der Waals surface area contributed by atoms with Crippen molar-refractivity contribution in [3.63, 3.8) is 0 Å². The largest absolute Gasteiger partial charge is 0.494 e. The molecule has 1 unspecified atom stereocenters. The number of aromatic carboxylic acids is 1. The number of nitrogens with zero attached hydrogens (tertiary/aromatic N) is 5. The molecule has 0 saturated carbocycles. The number of halogens is 2. The van der Waals surface area contributed by atoms with Crippen molar-refractivity contribution >= 4 is 62.6 Å². The maximum Gasteiger partial charge on any atom is 0.337 e. The van der Waals surface area contributed by atoms with E-state index in [1.807, 2.05) is 87.8 Å². The highest BCUT2D eigenvalue weighted by atomic mass is 35.5. The van der Waals surface area contributed by atoms with Gasteiger partial charge in [-0.05, 0) is 101 Å². The molecule has 3 aromatic heterocycles. The molecule has 6 aromatic rings. The van der Waals surface area contributed by atoms with Gasteiger partial charge >= 0.3 is 5.97 Å². The van der Waals surface area contributed by atoms with Gasteiger partial charge in [0.05, 0.1) is 33.9 Å². The van der Waals surface area contributed by atoms with Gasteiger partial charge in [0, 0.05) is 71.2 Å². The molecular formula is C39H39Cl2N5O4. The van der Waals surface area contributed by atoms with E-state index in [1.165, 1.54) is 0 Å². The summed E-state index contributed by atoms with van der Waals surface area (Å²) in [7, 11) is 3.74. The van der Waals surface area contributed by atoms with Crippen molar-refractivity contribution in [1.29, 1.82) is 0 Å². The zero-order chi connectivity index (χ0) is 35.8. The minimum atomic E-state index is -0.987. The predicted molar refractivity (Wildman–Crippen MR) is 200 cm³/mol. The lowest BCUT2D eigenvalue weighted by atomic mass is 9.98. The molecule has 11 heteroatoms. The fourth-order valence-electron chi connectivity index (χ4n) is 7.66. The van der Waals surface area contributed by atoms with Crippen LogP contribution in [0.3, 0.4) is 0 Å². The van der Waals surface area contributed by atoms with E-state index in [0.717, 1.165) is 66.4 Å². The van der Waals surface area contributed by atoms with Crippen molar-refractivity contribution in [1.82, 2.24) is 18.9 Å². The number of rotatable bonds is 8. The van der Waals surface area contributed by atoms with Crippen molar-refractivity contribution in [3.05, 3.63) is 98.0 Å². The van der Waals surface area contributed by atoms with Crippen LogP contribution >= 0.6 is 23.2 Å². The molecular weight excluding hydrogens is 673 g/mol. The minimum Gasteiger partial charge on any atom is -0.494 e. The topological polar surface area (TPSA) is 94.5 Å². The third-order valence-corrected chi connectivity index (χ3v) is 11.0. The first-order chi connectivity index (χ1) is 23.8. The number of aromatic nitrogens is 4. The SMILES string of the molecule is Cc1cc(OCCCc2c3n(c4c(-c5c(C)nn(C)c5C)c(Cl)ccc24)C(C)CN(c2ccc4c(C(=O)O)cn(C)c4c2)C3=O)cc(C)c1Cl. The van der Waals surface area contributed by atoms with E-state index in [9.17, 15) is 14.7 Å². The minimum absolute atomic E-state index is 0.108. The molecule has 1 atom stereocenters. The Bertz CT molecular complexity index is 2360. The Morgan fingerprint density at radius 2 is 1.70 bits per heavy atom. The Balaban J connectivity index is 1.35. The molecule has 0 spiro atoms. The molecule has 1 aliphatic rings. The number of carboxylic acid groups (broad SMARTS) is 1. The highest BCUT2D eigenvalue weighted by Crippen LogP contribution is 2.45. The number of hydrogen-bond acceptors (Lipinski definition) is 4. The van der Waals surface area contributed by atoms with Crippen LogP contribution in [0.4, 0.5) is 5.69 Å². The summed E-state index contributed by atoms with van der Waals surface area (Å²) in [5.41, 5.74) is 9.81. The van der Waals surface area contributed by atoms with Crippen LogP contribution in [0.15, 0.2) is 48.7 Å². The molecule has 0 saturated heterocycles. The Morgan fingerprint density at radius 3 is 2.36 bits per heavy atom. The standard InChI is InChI=1S/C39H39Cl2N5O4/c1-20-15-26(16-21(2)35(20)41)50-14-8-9-28-29-12-13-31(40)34(33-23(4)42-44(7)24(33)5)36(29)46-22(3)18-45(38(47)37(28)46)25-10-11-27-30(39(48)49)19-43(6)32(27)17-25/h10-13,15-17,19,22H,8-9,14,18H2,1-7H3,(H,48,49). The second-order valence-electron chi connectivity index (χ2n) is 13.4. The maximum atomic E-state index is 14.8. The summed E-state index contributed by atoms with van der Waals surface area (Å²) in [6.45, 7) is 11.0. The lowest BCUT2D eigenvalue weighted by molar-refractivity contribution is 0.0698. The molecule has 3 aromatic carbocycles. The van der Waals surface area contributed by atoms with Gasteiger partial charge in [-0.3, -0.25) is 9.48 Å². The average molecular weight is 713 g/mol. The number of fused-ring (bicyclic) bond motifs is 4. The predicted octanol–water partition coefficient (Wildman–Crippen LogP) is 9.01. The third-order valence-electron chi connectivity index (χ3n) is 10.1. The van der Waals surface area contributed by atoms with Gasteiger partial charge in [0.1, 0.15) is 11.4 Å². The average Bonchev–Trinajstić information content (AvgIpc) is 3.67. The lowest BCUT2D eigenvalue weighted by Gasteiger charge is -2.34. The van der Waals surface area contributed by atoms with Gasteiger partial charge in [0.25, 0.3) is 5.91 Å². The fourth-order valence-corrected chi connectivity index (χ4v) is 8.02. The number of hydrogen-bond donors (Lipinski definition) is 1. The van der Waals surface area contributed by atoms with Crippen molar-refractivity contribution in [3.8, 4) is 16.9 Å². The van der Waals surface area contributed by atoms with E-state index < -0.39 is 5.97 Å². The molecule has 0 fully saturated rings. The maximum absolute atomic E-state index is 14.8. The molecule has 4 heterocycles. The molecule has 9 nitrogen and oxygen atoms in total. The highest BCUT2D eigenvalue weighted by molar-refractivity contribution is 6.35. The number of aryl methyl sites for hydroxylation is 6. The first-order valence-electron chi connectivity index (χ1n) is 16.7. The summed E-state index contributed by atoms with van der Waals surface area (Å²) in [5.74, 6) is -0.338. The summed E-state index contributed by atoms with van der Waals surface area (Å²) in [5, 5.41) is 17.4. The monoisotopic (exact) mass is 711 g/mol. The number of carboxylic acids is 1. The zero-order valence-corrected chi connectivity index (χ0v) is 30.7. The van der Waals surface area contributed by atoms with Crippen LogP contribution < -0.4 is 9.64 Å². The second-order valence-corrected chi connectivity index (χ2v) is 14.2. The van der Waals surface area contributed by atoms with Crippen molar-refractivity contribution in [2.24, 2.45) is 14.1 Å². The van der Waals surface area contributed by atoms with Gasteiger partial charge < -0.3 is 23.9 Å². The van der Waals surface area contributed by atoms with Crippen molar-refractivity contribution in [2.75, 3.05) is 18.1 Å². The highest BCUT2D eigenvalue weighted by Gasteiger charge is 2.37. The van der Waals surface area contributed by atoms with Gasteiger partial charge in [-0.2, -0.15) is 5.10 Å². The van der Waals surface area contributed by atoms with E-state index >= 15 is 0 Å². The molecule has 0 radical (unpaired) electrons. The molecule has 258 valence electrons. The van der Waals surface area contributed by atoms with Gasteiger partial charge in [-0.15, -0.1) is 0 Å². The first kappa shape index (κ1) is 33.8. The van der Waals surface area contributed by atoms with Crippen LogP contribution in [0, 0.1) is 27.7 Å². The smallest absolute Gasteiger partial charge is 0.337 e. The van der Waals surface area contributed by atoms with E-state index in [0.29, 0.717) is 47.8 Å². The van der Waals surface area contributed by atoms with E-state index in [-0.39, 0.29) is 17.5 Å². The van der Waals surface area contributed by atoms with Crippen molar-refractivity contribution < 1.29 is 19.4 Å². The first-order valence-corrected chi connectivity index (χ1v) is 17.4. The quantitative estimate of drug-likeness (QED) is 0.159. The van der Waals surface area contributed by atoms with Gasteiger partial charge in [0.15, 0.2) is 0 Å². The van der Waals surface area contributed by atoms with E-state index in [4.69, 9.17) is 33.0 Å².